The molecule has 0 fully saturated rings. The van der Waals surface area contributed by atoms with E-state index in [2.05, 4.69) is 23.7 Å². The summed E-state index contributed by atoms with van der Waals surface area (Å²) in [4.78, 5) is 12.3. The van der Waals surface area contributed by atoms with Gasteiger partial charge in [-0.1, -0.05) is 42.5 Å². The van der Waals surface area contributed by atoms with Crippen molar-refractivity contribution in [1.29, 1.82) is 0 Å². The molecule has 0 atom stereocenters. The van der Waals surface area contributed by atoms with E-state index in [1.807, 2.05) is 72.8 Å². The highest BCUT2D eigenvalue weighted by Crippen LogP contribution is 2.40. The minimum Gasteiger partial charge on any atom is -0.497 e. The smallest absolute Gasteiger partial charge is 0.411 e. The van der Waals surface area contributed by atoms with Crippen LogP contribution in [0.5, 0.6) is 5.75 Å². The lowest BCUT2D eigenvalue weighted by Gasteiger charge is -2.16. The van der Waals surface area contributed by atoms with Gasteiger partial charge in [-0.05, 0) is 43.7 Å². The molecule has 0 saturated carbocycles. The van der Waals surface area contributed by atoms with Crippen molar-refractivity contribution in [2.75, 3.05) is 18.2 Å². The lowest BCUT2D eigenvalue weighted by molar-refractivity contribution is 0.155. The molecule has 1 amide bonds. The van der Waals surface area contributed by atoms with Gasteiger partial charge in [-0.25, -0.2) is 4.79 Å². The van der Waals surface area contributed by atoms with Gasteiger partial charge in [0.25, 0.3) is 0 Å². The molecule has 6 heteroatoms. The van der Waals surface area contributed by atoms with Crippen LogP contribution in [0.2, 0.25) is 0 Å². The van der Waals surface area contributed by atoms with E-state index in [9.17, 15) is 4.79 Å². The molecule has 1 heterocycles. The topological polar surface area (TPSA) is 78.5 Å². The molecule has 0 aliphatic carbocycles. The van der Waals surface area contributed by atoms with Gasteiger partial charge in [-0.15, -0.1) is 0 Å². The Labute approximate surface area is 187 Å². The molecule has 0 saturated heterocycles. The predicted octanol–water partition coefficient (Wildman–Crippen LogP) is 6.23. The summed E-state index contributed by atoms with van der Waals surface area (Å²) in [5.41, 5.74) is 11.7. The van der Waals surface area contributed by atoms with Crippen LogP contribution in [0.15, 0.2) is 72.8 Å². The second kappa shape index (κ2) is 9.06. The van der Waals surface area contributed by atoms with Crippen molar-refractivity contribution in [3.63, 3.8) is 0 Å². The van der Waals surface area contributed by atoms with Crippen molar-refractivity contribution >= 4 is 28.4 Å². The van der Waals surface area contributed by atoms with Crippen LogP contribution < -0.4 is 15.8 Å². The van der Waals surface area contributed by atoms with Crippen molar-refractivity contribution in [3.8, 4) is 17.0 Å². The van der Waals surface area contributed by atoms with Crippen LogP contribution in [0.25, 0.3) is 22.2 Å². The van der Waals surface area contributed by atoms with Crippen molar-refractivity contribution in [3.05, 3.63) is 78.4 Å². The molecule has 6 nitrogen and oxygen atoms in total. The number of fused-ring (bicyclic) bond motifs is 1. The quantitative estimate of drug-likeness (QED) is 0.381. The molecular weight excluding hydrogens is 402 g/mol. The third-order valence-electron chi connectivity index (χ3n) is 5.36. The average molecular weight is 430 g/mol. The number of nitrogen functional groups attached to an aromatic ring is 1. The van der Waals surface area contributed by atoms with Gasteiger partial charge in [0.15, 0.2) is 0 Å². The average Bonchev–Trinajstić information content (AvgIpc) is 3.10. The van der Waals surface area contributed by atoms with Crippen molar-refractivity contribution < 1.29 is 14.3 Å². The molecule has 0 unspecified atom stereocenters. The van der Waals surface area contributed by atoms with Crippen LogP contribution in [-0.2, 0) is 11.3 Å². The standard InChI is InChI=1S/C26H27N3O3/c1-17(2)29-23-15-21(31-3)12-13-22(23)24(27)25(29)19-10-7-11-20(14-19)28-26(30)32-16-18-8-5-4-6-9-18/h4-15,17H,16,27H2,1-3H3,(H,28,30). The normalized spacial score (nSPS) is 11.0. The maximum Gasteiger partial charge on any atom is 0.411 e. The zero-order chi connectivity index (χ0) is 22.7. The second-order valence-corrected chi connectivity index (χ2v) is 7.88. The number of nitrogens with one attached hydrogen (secondary N) is 1. The molecule has 4 aromatic rings. The first-order valence-electron chi connectivity index (χ1n) is 10.5. The molecule has 0 radical (unpaired) electrons. The van der Waals surface area contributed by atoms with Gasteiger partial charge >= 0.3 is 6.09 Å². The van der Waals surface area contributed by atoms with Gasteiger partial charge in [0.05, 0.1) is 24.0 Å². The fraction of sp³-hybridized carbons (Fsp3) is 0.192. The molecule has 1 aromatic heterocycles. The monoisotopic (exact) mass is 429 g/mol. The van der Waals surface area contributed by atoms with E-state index < -0.39 is 6.09 Å². The zero-order valence-corrected chi connectivity index (χ0v) is 18.5. The lowest BCUT2D eigenvalue weighted by atomic mass is 10.1. The summed E-state index contributed by atoms with van der Waals surface area (Å²) >= 11 is 0. The largest absolute Gasteiger partial charge is 0.497 e. The molecular formula is C26H27N3O3. The summed E-state index contributed by atoms with van der Waals surface area (Å²) in [6.07, 6.45) is -0.506. The SMILES string of the molecule is COc1ccc2c(N)c(-c3cccc(NC(=O)OCc4ccccc4)c3)n(C(C)C)c2c1. The molecule has 0 bridgehead atoms. The van der Waals surface area contributed by atoms with Crippen molar-refractivity contribution in [2.24, 2.45) is 0 Å². The maximum absolute atomic E-state index is 12.3. The van der Waals surface area contributed by atoms with Crippen molar-refractivity contribution in [1.82, 2.24) is 4.57 Å². The van der Waals surface area contributed by atoms with E-state index in [1.54, 1.807) is 7.11 Å². The van der Waals surface area contributed by atoms with Crippen LogP contribution in [-0.4, -0.2) is 17.8 Å². The number of benzene rings is 3. The maximum atomic E-state index is 12.3. The molecule has 0 aliphatic rings. The summed E-state index contributed by atoms with van der Waals surface area (Å²) in [5.74, 6) is 0.778. The number of hydrogen-bond donors (Lipinski definition) is 2. The Kier molecular flexibility index (Phi) is 6.03. The Morgan fingerprint density at radius 2 is 1.81 bits per heavy atom. The van der Waals surface area contributed by atoms with Gasteiger partial charge in [-0.3, -0.25) is 5.32 Å². The molecule has 0 spiro atoms. The third-order valence-corrected chi connectivity index (χ3v) is 5.36. The summed E-state index contributed by atoms with van der Waals surface area (Å²) in [7, 11) is 1.65. The zero-order valence-electron chi connectivity index (χ0n) is 18.5. The van der Waals surface area contributed by atoms with E-state index in [4.69, 9.17) is 15.2 Å². The third kappa shape index (κ3) is 4.25. The highest BCUT2D eigenvalue weighted by Gasteiger charge is 2.19. The van der Waals surface area contributed by atoms with Crippen LogP contribution >= 0.6 is 0 Å². The fourth-order valence-corrected chi connectivity index (χ4v) is 3.90. The first-order chi connectivity index (χ1) is 15.5. The van der Waals surface area contributed by atoms with Gasteiger partial charge < -0.3 is 19.8 Å². The van der Waals surface area contributed by atoms with Gasteiger partial charge in [0, 0.05) is 28.7 Å². The fourth-order valence-electron chi connectivity index (χ4n) is 3.90. The summed E-state index contributed by atoms with van der Waals surface area (Å²) < 4.78 is 13.0. The number of rotatable bonds is 6. The Morgan fingerprint density at radius 1 is 1.03 bits per heavy atom. The molecule has 3 N–H and O–H groups in total. The molecule has 32 heavy (non-hydrogen) atoms. The second-order valence-electron chi connectivity index (χ2n) is 7.88. The van der Waals surface area contributed by atoms with Crippen LogP contribution in [0.3, 0.4) is 0 Å². The Hall–Kier alpha value is -3.93. The first kappa shape index (κ1) is 21.3. The van der Waals surface area contributed by atoms with Crippen LogP contribution in [0.1, 0.15) is 25.5 Å². The first-order valence-corrected chi connectivity index (χ1v) is 10.5. The molecule has 4 rings (SSSR count). The van der Waals surface area contributed by atoms with E-state index in [0.29, 0.717) is 11.4 Å². The Morgan fingerprint density at radius 3 is 2.53 bits per heavy atom. The van der Waals surface area contributed by atoms with Gasteiger partial charge in [-0.2, -0.15) is 0 Å². The lowest BCUT2D eigenvalue weighted by Crippen LogP contribution is -2.13. The minimum atomic E-state index is -0.506. The Bertz CT molecular complexity index is 1250. The summed E-state index contributed by atoms with van der Waals surface area (Å²) in [6.45, 7) is 4.44. The number of carbonyl (C=O) groups excluding carboxylic acids is 1. The number of anilines is 2. The number of ether oxygens (including phenoxy) is 2. The minimum absolute atomic E-state index is 0.171. The van der Waals surface area contributed by atoms with E-state index in [-0.39, 0.29) is 12.6 Å². The van der Waals surface area contributed by atoms with Gasteiger partial charge in [0.1, 0.15) is 12.4 Å². The molecule has 3 aromatic carbocycles. The summed E-state index contributed by atoms with van der Waals surface area (Å²) in [6, 6.07) is 23.2. The van der Waals surface area contributed by atoms with E-state index >= 15 is 0 Å². The highest BCUT2D eigenvalue weighted by molar-refractivity contribution is 6.02. The van der Waals surface area contributed by atoms with Crippen molar-refractivity contribution in [2.45, 2.75) is 26.5 Å². The Balaban J connectivity index is 1.63. The number of methoxy groups -OCH3 is 1. The number of amides is 1. The molecule has 164 valence electrons. The number of nitrogens with zero attached hydrogens (tertiary/aromatic N) is 1. The highest BCUT2D eigenvalue weighted by atomic mass is 16.5. The number of carbonyl (C=O) groups is 1. The predicted molar refractivity (Wildman–Crippen MR) is 129 cm³/mol. The number of aromatic nitrogens is 1. The number of nitrogens with two attached hydrogens (primary N) is 1. The van der Waals surface area contributed by atoms with Gasteiger partial charge in [0.2, 0.25) is 0 Å². The number of hydrogen-bond acceptors (Lipinski definition) is 4. The summed E-state index contributed by atoms with van der Waals surface area (Å²) in [5, 5.41) is 3.78. The van der Waals surface area contributed by atoms with Crippen LogP contribution in [0, 0.1) is 0 Å². The van der Waals surface area contributed by atoms with E-state index in [0.717, 1.165) is 33.5 Å². The van der Waals surface area contributed by atoms with E-state index in [1.165, 1.54) is 0 Å². The molecule has 0 aliphatic heterocycles. The van der Waals surface area contributed by atoms with Crippen LogP contribution in [0.4, 0.5) is 16.2 Å².